The molecule has 0 aromatic rings. The number of hydrogen-bond acceptors (Lipinski definition) is 3. The first-order valence-electron chi connectivity index (χ1n) is 7.88. The number of aliphatic carboxylic acids is 1. The predicted octanol–water partition coefficient (Wildman–Crippen LogP) is 1.23. The van der Waals surface area contributed by atoms with Crippen molar-refractivity contribution in [2.45, 2.75) is 62.5 Å². The summed E-state index contributed by atoms with van der Waals surface area (Å²) in [5.41, 5.74) is -0.837. The Balaban J connectivity index is 1.52. The lowest BCUT2D eigenvalue weighted by atomic mass is 9.51. The first-order chi connectivity index (χ1) is 9.88. The molecule has 4 bridgehead atoms. The summed E-state index contributed by atoms with van der Waals surface area (Å²) in [7, 11) is 0. The van der Waals surface area contributed by atoms with Gasteiger partial charge in [-0.2, -0.15) is 0 Å². The summed E-state index contributed by atoms with van der Waals surface area (Å²) in [5.74, 6) is 0.215. The molecular formula is C15H24N2O4. The molecule has 21 heavy (non-hydrogen) atoms. The molecular weight excluding hydrogens is 272 g/mol. The molecule has 0 saturated heterocycles. The average molecular weight is 296 g/mol. The molecule has 118 valence electrons. The fraction of sp³-hybridized carbons (Fsp3) is 0.867. The van der Waals surface area contributed by atoms with Crippen molar-refractivity contribution in [3.8, 4) is 0 Å². The standard InChI is InChI=1S/C15H24N2O4/c18-12(19)2-1-3-16-13(20)17-14-5-10-4-11(6-14)8-15(21,7-10)9-14/h10-11,21H,1-9H2,(H,18,19)(H2,16,17,20). The first-order valence-corrected chi connectivity index (χ1v) is 7.88. The third-order valence-electron chi connectivity index (χ3n) is 5.26. The van der Waals surface area contributed by atoms with Crippen molar-refractivity contribution in [2.75, 3.05) is 6.54 Å². The lowest BCUT2D eigenvalue weighted by Gasteiger charge is -2.60. The van der Waals surface area contributed by atoms with E-state index in [2.05, 4.69) is 10.6 Å². The Bertz CT molecular complexity index is 437. The van der Waals surface area contributed by atoms with Crippen LogP contribution in [-0.2, 0) is 4.79 Å². The lowest BCUT2D eigenvalue weighted by molar-refractivity contribution is -0.139. The maximum atomic E-state index is 12.0. The molecule has 2 atom stereocenters. The van der Waals surface area contributed by atoms with Gasteiger partial charge in [-0.1, -0.05) is 0 Å². The van der Waals surface area contributed by atoms with E-state index in [0.717, 1.165) is 25.7 Å². The van der Waals surface area contributed by atoms with Crippen molar-refractivity contribution < 1.29 is 19.8 Å². The molecule has 2 amide bonds. The van der Waals surface area contributed by atoms with Crippen LogP contribution in [0.15, 0.2) is 0 Å². The number of carboxylic acid groups (broad SMARTS) is 1. The summed E-state index contributed by atoms with van der Waals surface area (Å²) >= 11 is 0. The normalized spacial score (nSPS) is 40.0. The van der Waals surface area contributed by atoms with E-state index in [1.165, 1.54) is 6.42 Å². The summed E-state index contributed by atoms with van der Waals surface area (Å²) in [6.45, 7) is 0.366. The zero-order chi connectivity index (χ0) is 15.1. The maximum Gasteiger partial charge on any atom is 0.315 e. The van der Waals surface area contributed by atoms with Crippen molar-refractivity contribution in [3.63, 3.8) is 0 Å². The van der Waals surface area contributed by atoms with Crippen LogP contribution in [-0.4, -0.2) is 39.9 Å². The van der Waals surface area contributed by atoms with Crippen LogP contribution < -0.4 is 10.6 Å². The third-order valence-corrected chi connectivity index (χ3v) is 5.26. The first kappa shape index (κ1) is 14.6. The van der Waals surface area contributed by atoms with Crippen molar-refractivity contribution in [2.24, 2.45) is 11.8 Å². The maximum absolute atomic E-state index is 12.0. The number of aliphatic hydroxyl groups is 1. The van der Waals surface area contributed by atoms with Crippen LogP contribution in [0.3, 0.4) is 0 Å². The summed E-state index contributed by atoms with van der Waals surface area (Å²) in [5, 5.41) is 25.0. The molecule has 4 aliphatic rings. The van der Waals surface area contributed by atoms with Crippen LogP contribution in [0, 0.1) is 11.8 Å². The van der Waals surface area contributed by atoms with Gasteiger partial charge in [-0.3, -0.25) is 4.79 Å². The smallest absolute Gasteiger partial charge is 0.315 e. The highest BCUT2D eigenvalue weighted by molar-refractivity contribution is 5.75. The van der Waals surface area contributed by atoms with Gasteiger partial charge in [-0.25, -0.2) is 4.79 Å². The van der Waals surface area contributed by atoms with Crippen LogP contribution in [0.4, 0.5) is 4.79 Å². The number of hydrogen-bond donors (Lipinski definition) is 4. The molecule has 0 spiro atoms. The molecule has 0 aromatic carbocycles. The highest BCUT2D eigenvalue weighted by atomic mass is 16.4. The number of carboxylic acids is 1. The van der Waals surface area contributed by atoms with Crippen LogP contribution in [0.25, 0.3) is 0 Å². The van der Waals surface area contributed by atoms with Crippen LogP contribution in [0.5, 0.6) is 0 Å². The zero-order valence-electron chi connectivity index (χ0n) is 12.2. The molecule has 0 radical (unpaired) electrons. The van der Waals surface area contributed by atoms with Gasteiger partial charge in [0.25, 0.3) is 0 Å². The summed E-state index contributed by atoms with van der Waals surface area (Å²) in [6.07, 6.45) is 6.05. The van der Waals surface area contributed by atoms with E-state index in [0.29, 0.717) is 31.2 Å². The predicted molar refractivity (Wildman–Crippen MR) is 75.8 cm³/mol. The molecule has 4 rings (SSSR count). The molecule has 0 aliphatic heterocycles. The van der Waals surface area contributed by atoms with E-state index < -0.39 is 11.6 Å². The Morgan fingerprint density at radius 2 is 1.81 bits per heavy atom. The Morgan fingerprint density at radius 1 is 1.14 bits per heavy atom. The van der Waals surface area contributed by atoms with Gasteiger partial charge in [0.15, 0.2) is 0 Å². The molecule has 4 aliphatic carbocycles. The highest BCUT2D eigenvalue weighted by Gasteiger charge is 2.57. The van der Waals surface area contributed by atoms with Gasteiger partial charge >= 0.3 is 12.0 Å². The molecule has 4 N–H and O–H groups in total. The quantitative estimate of drug-likeness (QED) is 0.574. The minimum absolute atomic E-state index is 0.0648. The van der Waals surface area contributed by atoms with Crippen molar-refractivity contribution in [1.29, 1.82) is 0 Å². The number of nitrogens with one attached hydrogen (secondary N) is 2. The second-order valence-electron chi connectivity index (χ2n) is 7.34. The van der Waals surface area contributed by atoms with E-state index >= 15 is 0 Å². The molecule has 0 aromatic heterocycles. The minimum atomic E-state index is -0.847. The van der Waals surface area contributed by atoms with Gasteiger partial charge in [-0.05, 0) is 56.8 Å². The zero-order valence-corrected chi connectivity index (χ0v) is 12.2. The van der Waals surface area contributed by atoms with E-state index in [4.69, 9.17) is 5.11 Å². The number of carbonyl (C=O) groups excluding carboxylic acids is 1. The third kappa shape index (κ3) is 3.15. The topological polar surface area (TPSA) is 98.7 Å². The minimum Gasteiger partial charge on any atom is -0.481 e. The SMILES string of the molecule is O=C(O)CCCNC(=O)NC12CC3CC(CC(O)(C3)C1)C2. The van der Waals surface area contributed by atoms with Crippen molar-refractivity contribution >= 4 is 12.0 Å². The lowest BCUT2D eigenvalue weighted by Crippen LogP contribution is -2.66. The second-order valence-corrected chi connectivity index (χ2v) is 7.34. The molecule has 0 heterocycles. The number of urea groups is 1. The van der Waals surface area contributed by atoms with Gasteiger partial charge in [0, 0.05) is 18.5 Å². The van der Waals surface area contributed by atoms with E-state index in [-0.39, 0.29) is 18.0 Å². The average Bonchev–Trinajstić information content (AvgIpc) is 2.30. The summed E-state index contributed by atoms with van der Waals surface area (Å²) in [4.78, 5) is 22.4. The fourth-order valence-corrected chi connectivity index (χ4v) is 5.09. The molecule has 6 heteroatoms. The molecule has 6 nitrogen and oxygen atoms in total. The van der Waals surface area contributed by atoms with Crippen LogP contribution in [0.1, 0.15) is 51.4 Å². The highest BCUT2D eigenvalue weighted by Crippen LogP contribution is 2.57. The fourth-order valence-electron chi connectivity index (χ4n) is 5.09. The van der Waals surface area contributed by atoms with Crippen molar-refractivity contribution in [3.05, 3.63) is 0 Å². The van der Waals surface area contributed by atoms with E-state index in [1.807, 2.05) is 0 Å². The van der Waals surface area contributed by atoms with E-state index in [1.54, 1.807) is 0 Å². The van der Waals surface area contributed by atoms with Gasteiger partial charge in [0.1, 0.15) is 0 Å². The summed E-state index contributed by atoms with van der Waals surface area (Å²) in [6, 6.07) is -0.231. The van der Waals surface area contributed by atoms with Gasteiger partial charge in [-0.15, -0.1) is 0 Å². The monoisotopic (exact) mass is 296 g/mol. The molecule has 4 fully saturated rings. The van der Waals surface area contributed by atoms with Gasteiger partial charge in [0.05, 0.1) is 5.60 Å². The molecule has 4 saturated carbocycles. The van der Waals surface area contributed by atoms with Crippen molar-refractivity contribution in [1.82, 2.24) is 10.6 Å². The van der Waals surface area contributed by atoms with Gasteiger partial charge in [0.2, 0.25) is 0 Å². The van der Waals surface area contributed by atoms with Crippen LogP contribution in [0.2, 0.25) is 0 Å². The Morgan fingerprint density at radius 3 is 2.38 bits per heavy atom. The number of carbonyl (C=O) groups is 2. The van der Waals surface area contributed by atoms with Gasteiger partial charge < -0.3 is 20.8 Å². The number of amides is 2. The Kier molecular flexibility index (Phi) is 3.59. The molecule has 2 unspecified atom stereocenters. The Labute approximate surface area is 124 Å². The largest absolute Gasteiger partial charge is 0.481 e. The van der Waals surface area contributed by atoms with Crippen LogP contribution >= 0.6 is 0 Å². The number of rotatable bonds is 5. The summed E-state index contributed by atoms with van der Waals surface area (Å²) < 4.78 is 0. The Hall–Kier alpha value is -1.30. The van der Waals surface area contributed by atoms with E-state index in [9.17, 15) is 14.7 Å². The second kappa shape index (κ2) is 5.16.